The van der Waals surface area contributed by atoms with E-state index in [0.29, 0.717) is 30.2 Å². The first-order valence-electron chi connectivity index (χ1n) is 8.91. The van der Waals surface area contributed by atoms with Crippen LogP contribution >= 0.6 is 0 Å². The Morgan fingerprint density at radius 2 is 2.14 bits per heavy atom. The van der Waals surface area contributed by atoms with Gasteiger partial charge in [0.25, 0.3) is 5.91 Å². The number of benzene rings is 1. The summed E-state index contributed by atoms with van der Waals surface area (Å²) in [6.45, 7) is 3.04. The molecule has 0 aliphatic carbocycles. The van der Waals surface area contributed by atoms with Crippen molar-refractivity contribution in [2.24, 2.45) is 7.05 Å². The Morgan fingerprint density at radius 1 is 1.25 bits per heavy atom. The Kier molecular flexibility index (Phi) is 4.76. The highest BCUT2D eigenvalue weighted by atomic mass is 16.5. The molecular weight excluding hydrogens is 356 g/mol. The Hall–Kier alpha value is -3.68. The van der Waals surface area contributed by atoms with E-state index in [2.05, 4.69) is 20.5 Å². The number of carbonyl (C=O) groups is 1. The van der Waals surface area contributed by atoms with Crippen LogP contribution in [0.5, 0.6) is 5.75 Å². The number of rotatable bonds is 6. The van der Waals surface area contributed by atoms with Crippen LogP contribution in [-0.2, 0) is 13.6 Å². The summed E-state index contributed by atoms with van der Waals surface area (Å²) in [5.41, 5.74) is 2.73. The first kappa shape index (κ1) is 17.7. The van der Waals surface area contributed by atoms with Crippen molar-refractivity contribution in [3.63, 3.8) is 0 Å². The number of hydrogen-bond acceptors (Lipinski definition) is 5. The Morgan fingerprint density at radius 3 is 2.96 bits per heavy atom. The highest BCUT2D eigenvalue weighted by Crippen LogP contribution is 2.20. The zero-order valence-corrected chi connectivity index (χ0v) is 15.7. The van der Waals surface area contributed by atoms with Crippen molar-refractivity contribution in [1.29, 1.82) is 0 Å². The van der Waals surface area contributed by atoms with E-state index in [1.54, 1.807) is 27.8 Å². The van der Waals surface area contributed by atoms with Crippen LogP contribution in [0.4, 0.5) is 5.69 Å². The first-order chi connectivity index (χ1) is 13.6. The SMILES string of the molecule is Cc1nn(C)c2ncc(C(=O)Nc3cccc(OCCn4cccn4)c3)cc12. The second-order valence-electron chi connectivity index (χ2n) is 6.40. The van der Waals surface area contributed by atoms with Crippen molar-refractivity contribution in [2.75, 3.05) is 11.9 Å². The average molecular weight is 376 g/mol. The summed E-state index contributed by atoms with van der Waals surface area (Å²) in [5.74, 6) is 0.452. The largest absolute Gasteiger partial charge is 0.492 e. The molecule has 0 fully saturated rings. The molecule has 8 heteroatoms. The van der Waals surface area contributed by atoms with E-state index in [0.717, 1.165) is 16.7 Å². The van der Waals surface area contributed by atoms with Gasteiger partial charge in [-0.15, -0.1) is 0 Å². The summed E-state index contributed by atoms with van der Waals surface area (Å²) in [6.07, 6.45) is 5.17. The Bertz CT molecular complexity index is 1120. The normalized spacial score (nSPS) is 10.9. The molecule has 0 unspecified atom stereocenters. The molecule has 0 saturated heterocycles. The maximum Gasteiger partial charge on any atom is 0.257 e. The number of pyridine rings is 1. The average Bonchev–Trinajstić information content (AvgIpc) is 3.30. The fraction of sp³-hybridized carbons (Fsp3) is 0.200. The molecule has 4 aromatic rings. The minimum Gasteiger partial charge on any atom is -0.492 e. The lowest BCUT2D eigenvalue weighted by atomic mass is 10.2. The van der Waals surface area contributed by atoms with Gasteiger partial charge in [-0.05, 0) is 31.2 Å². The van der Waals surface area contributed by atoms with Crippen molar-refractivity contribution in [3.05, 3.63) is 66.2 Å². The van der Waals surface area contributed by atoms with Crippen molar-refractivity contribution >= 4 is 22.6 Å². The second kappa shape index (κ2) is 7.51. The molecular formula is C20H20N6O2. The maximum absolute atomic E-state index is 12.6. The van der Waals surface area contributed by atoms with Crippen LogP contribution in [0.3, 0.4) is 0 Å². The minimum absolute atomic E-state index is 0.230. The summed E-state index contributed by atoms with van der Waals surface area (Å²) < 4.78 is 9.25. The van der Waals surface area contributed by atoms with E-state index in [-0.39, 0.29) is 5.91 Å². The van der Waals surface area contributed by atoms with Crippen molar-refractivity contribution in [3.8, 4) is 5.75 Å². The number of anilines is 1. The van der Waals surface area contributed by atoms with Crippen LogP contribution < -0.4 is 10.1 Å². The molecule has 1 amide bonds. The van der Waals surface area contributed by atoms with Gasteiger partial charge in [-0.2, -0.15) is 10.2 Å². The van der Waals surface area contributed by atoms with E-state index in [1.165, 1.54) is 0 Å². The number of nitrogens with zero attached hydrogens (tertiary/aromatic N) is 5. The predicted molar refractivity (Wildman–Crippen MR) is 105 cm³/mol. The molecule has 3 heterocycles. The van der Waals surface area contributed by atoms with Crippen molar-refractivity contribution in [2.45, 2.75) is 13.5 Å². The van der Waals surface area contributed by atoms with Crippen LogP contribution in [0.2, 0.25) is 0 Å². The molecule has 0 atom stereocenters. The highest BCUT2D eigenvalue weighted by molar-refractivity contribution is 6.05. The third kappa shape index (κ3) is 3.71. The van der Waals surface area contributed by atoms with Crippen molar-refractivity contribution in [1.82, 2.24) is 24.5 Å². The third-order valence-corrected chi connectivity index (χ3v) is 4.37. The van der Waals surface area contributed by atoms with Gasteiger partial charge in [-0.3, -0.25) is 14.2 Å². The molecule has 0 aliphatic heterocycles. The number of amides is 1. The first-order valence-corrected chi connectivity index (χ1v) is 8.91. The number of nitrogens with one attached hydrogen (secondary N) is 1. The van der Waals surface area contributed by atoms with Gasteiger partial charge in [0, 0.05) is 42.8 Å². The lowest BCUT2D eigenvalue weighted by Crippen LogP contribution is -2.12. The molecule has 0 aliphatic rings. The summed E-state index contributed by atoms with van der Waals surface area (Å²) in [7, 11) is 1.83. The van der Waals surface area contributed by atoms with Crippen LogP contribution in [0, 0.1) is 6.92 Å². The Balaban J connectivity index is 1.43. The van der Waals surface area contributed by atoms with Gasteiger partial charge in [0.2, 0.25) is 0 Å². The molecule has 0 saturated carbocycles. The predicted octanol–water partition coefficient (Wildman–Crippen LogP) is 2.80. The summed E-state index contributed by atoms with van der Waals surface area (Å²) in [4.78, 5) is 17.0. The van der Waals surface area contributed by atoms with Gasteiger partial charge < -0.3 is 10.1 Å². The summed E-state index contributed by atoms with van der Waals surface area (Å²) in [5, 5.41) is 12.2. The highest BCUT2D eigenvalue weighted by Gasteiger charge is 2.12. The molecule has 1 aromatic carbocycles. The third-order valence-electron chi connectivity index (χ3n) is 4.37. The molecule has 1 N–H and O–H groups in total. The van der Waals surface area contributed by atoms with E-state index in [4.69, 9.17) is 4.74 Å². The number of hydrogen-bond donors (Lipinski definition) is 1. The summed E-state index contributed by atoms with van der Waals surface area (Å²) >= 11 is 0. The zero-order valence-electron chi connectivity index (χ0n) is 15.7. The topological polar surface area (TPSA) is 86.9 Å². The summed E-state index contributed by atoms with van der Waals surface area (Å²) in [6, 6.07) is 11.0. The lowest BCUT2D eigenvalue weighted by molar-refractivity contribution is 0.102. The molecule has 0 bridgehead atoms. The number of ether oxygens (including phenoxy) is 1. The molecule has 3 aromatic heterocycles. The van der Waals surface area contributed by atoms with Gasteiger partial charge in [-0.1, -0.05) is 6.07 Å². The number of carbonyl (C=O) groups excluding carboxylic acids is 1. The van der Waals surface area contributed by atoms with E-state index < -0.39 is 0 Å². The Labute approximate surface area is 161 Å². The number of fused-ring (bicyclic) bond motifs is 1. The minimum atomic E-state index is -0.230. The van der Waals surface area contributed by atoms with Crippen LogP contribution in [-0.4, -0.2) is 37.1 Å². The maximum atomic E-state index is 12.6. The second-order valence-corrected chi connectivity index (χ2v) is 6.40. The standard InChI is InChI=1S/C20H20N6O2/c1-14-18-11-15(13-21-19(18)25(2)24-14)20(27)23-16-5-3-6-17(12-16)28-10-9-26-8-4-7-22-26/h3-8,11-13H,9-10H2,1-2H3,(H,23,27). The molecule has 142 valence electrons. The lowest BCUT2D eigenvalue weighted by Gasteiger charge is -2.09. The molecule has 0 radical (unpaired) electrons. The van der Waals surface area contributed by atoms with E-state index >= 15 is 0 Å². The quantitative estimate of drug-likeness (QED) is 0.559. The smallest absolute Gasteiger partial charge is 0.257 e. The van der Waals surface area contributed by atoms with Gasteiger partial charge in [0.1, 0.15) is 12.4 Å². The van der Waals surface area contributed by atoms with Gasteiger partial charge in [0.15, 0.2) is 5.65 Å². The van der Waals surface area contributed by atoms with Gasteiger partial charge >= 0.3 is 0 Å². The fourth-order valence-corrected chi connectivity index (χ4v) is 2.99. The molecule has 28 heavy (non-hydrogen) atoms. The molecule has 4 rings (SSSR count). The van der Waals surface area contributed by atoms with E-state index in [1.807, 2.05) is 50.5 Å². The van der Waals surface area contributed by atoms with Gasteiger partial charge in [-0.25, -0.2) is 4.98 Å². The monoisotopic (exact) mass is 376 g/mol. The molecule has 0 spiro atoms. The molecule has 8 nitrogen and oxygen atoms in total. The van der Waals surface area contributed by atoms with Crippen LogP contribution in [0.1, 0.15) is 16.1 Å². The van der Waals surface area contributed by atoms with Crippen LogP contribution in [0.15, 0.2) is 55.0 Å². The number of aromatic nitrogens is 5. The van der Waals surface area contributed by atoms with Crippen molar-refractivity contribution < 1.29 is 9.53 Å². The number of aryl methyl sites for hydroxylation is 2. The fourth-order valence-electron chi connectivity index (χ4n) is 2.99. The zero-order chi connectivity index (χ0) is 19.5. The van der Waals surface area contributed by atoms with Crippen LogP contribution in [0.25, 0.3) is 11.0 Å². The van der Waals surface area contributed by atoms with Gasteiger partial charge in [0.05, 0.1) is 17.8 Å². The van der Waals surface area contributed by atoms with E-state index in [9.17, 15) is 4.79 Å².